The third-order valence-corrected chi connectivity index (χ3v) is 3.46. The first-order valence-corrected chi connectivity index (χ1v) is 7.08. The molecule has 0 saturated carbocycles. The molecule has 1 heterocycles. The van der Waals surface area contributed by atoms with E-state index in [1.807, 2.05) is 0 Å². The van der Waals surface area contributed by atoms with Crippen LogP contribution in [0.4, 0.5) is 8.78 Å². The Hall–Kier alpha value is -2.57. The minimum atomic E-state index is -0.969. The van der Waals surface area contributed by atoms with E-state index in [0.29, 0.717) is 25.2 Å². The maximum Gasteiger partial charge on any atom is 0.252 e. The summed E-state index contributed by atoms with van der Waals surface area (Å²) in [7, 11) is 1.73. The fourth-order valence-electron chi connectivity index (χ4n) is 2.08. The lowest BCUT2D eigenvalue weighted by atomic mass is 10.2. The fourth-order valence-corrected chi connectivity index (χ4v) is 2.08. The molecule has 0 aromatic heterocycles. The number of hydrogen-bond donors (Lipinski definition) is 2. The van der Waals surface area contributed by atoms with Gasteiger partial charge in [0.1, 0.15) is 11.5 Å². The maximum atomic E-state index is 13.0. The molecule has 1 aliphatic heterocycles. The van der Waals surface area contributed by atoms with Crippen LogP contribution in [-0.4, -0.2) is 42.7 Å². The van der Waals surface area contributed by atoms with Crippen LogP contribution in [0.5, 0.6) is 5.75 Å². The minimum Gasteiger partial charge on any atom is -0.505 e. The van der Waals surface area contributed by atoms with Gasteiger partial charge in [0.2, 0.25) is 0 Å². The number of amides is 1. The minimum absolute atomic E-state index is 0.0944. The van der Waals surface area contributed by atoms with Gasteiger partial charge in [-0.2, -0.15) is 0 Å². The van der Waals surface area contributed by atoms with E-state index in [-0.39, 0.29) is 29.6 Å². The van der Waals surface area contributed by atoms with Crippen LogP contribution in [-0.2, 0) is 4.79 Å². The average Bonchev–Trinajstić information content (AvgIpc) is 2.78. The molecule has 7 heteroatoms. The number of carbonyl (C=O) groups excluding carboxylic acids is 1. The zero-order valence-corrected chi connectivity index (χ0v) is 12.7. The predicted molar refractivity (Wildman–Crippen MR) is 80.9 cm³/mol. The first-order chi connectivity index (χ1) is 10.9. The summed E-state index contributed by atoms with van der Waals surface area (Å²) in [4.78, 5) is 13.6. The molecule has 2 rings (SSSR count). The van der Waals surface area contributed by atoms with E-state index in [4.69, 9.17) is 4.74 Å². The van der Waals surface area contributed by atoms with Gasteiger partial charge in [-0.1, -0.05) is 6.58 Å². The number of nitrogens with zero attached hydrogens (tertiary/aromatic N) is 1. The van der Waals surface area contributed by atoms with E-state index in [0.717, 1.165) is 12.1 Å². The van der Waals surface area contributed by atoms with Crippen molar-refractivity contribution in [1.82, 2.24) is 10.2 Å². The van der Waals surface area contributed by atoms with Crippen LogP contribution < -0.4 is 10.1 Å². The molecule has 23 heavy (non-hydrogen) atoms. The van der Waals surface area contributed by atoms with Gasteiger partial charge in [-0.05, 0) is 18.6 Å². The van der Waals surface area contributed by atoms with Gasteiger partial charge >= 0.3 is 0 Å². The summed E-state index contributed by atoms with van der Waals surface area (Å²) in [5.74, 6) is -2.13. The van der Waals surface area contributed by atoms with Crippen LogP contribution >= 0.6 is 0 Å². The molecule has 0 saturated heterocycles. The van der Waals surface area contributed by atoms with Crippen LogP contribution in [0.15, 0.2) is 41.8 Å². The van der Waals surface area contributed by atoms with Crippen molar-refractivity contribution in [3.05, 3.63) is 53.4 Å². The lowest BCUT2D eigenvalue weighted by Gasteiger charge is -2.11. The standard InChI is InChI=1S/C16H18F2N2O3/c1-10-15(21)12(9-20(10)2)16(22)19-6-3-7-23-11-4-5-13(17)14(18)8-11/h4-5,8,21H,1,3,6-7,9H2,2H3,(H,19,22). The second kappa shape index (κ2) is 7.13. The van der Waals surface area contributed by atoms with E-state index in [2.05, 4.69) is 11.9 Å². The number of aliphatic hydroxyl groups is 1. The number of rotatable bonds is 6. The summed E-state index contributed by atoms with van der Waals surface area (Å²) in [5.41, 5.74) is 0.691. The van der Waals surface area contributed by atoms with E-state index in [9.17, 15) is 18.7 Å². The van der Waals surface area contributed by atoms with Gasteiger partial charge in [-0.3, -0.25) is 4.79 Å². The van der Waals surface area contributed by atoms with Crippen molar-refractivity contribution in [3.8, 4) is 5.75 Å². The normalized spacial score (nSPS) is 14.4. The first kappa shape index (κ1) is 16.8. The SMILES string of the molecule is C=C1C(O)=C(C(=O)NCCCOc2ccc(F)c(F)c2)CN1C. The summed E-state index contributed by atoms with van der Waals surface area (Å²) < 4.78 is 31.0. The Morgan fingerprint density at radius 2 is 2.17 bits per heavy atom. The summed E-state index contributed by atoms with van der Waals surface area (Å²) in [6.45, 7) is 4.54. The number of ether oxygens (including phenoxy) is 1. The first-order valence-electron chi connectivity index (χ1n) is 7.08. The number of hydrogen-bond acceptors (Lipinski definition) is 4. The molecular weight excluding hydrogens is 306 g/mol. The molecule has 1 aromatic carbocycles. The topological polar surface area (TPSA) is 61.8 Å². The molecule has 0 radical (unpaired) electrons. The van der Waals surface area contributed by atoms with Crippen molar-refractivity contribution < 1.29 is 23.4 Å². The zero-order valence-electron chi connectivity index (χ0n) is 12.7. The molecular formula is C16H18F2N2O3. The van der Waals surface area contributed by atoms with Crippen molar-refractivity contribution in [1.29, 1.82) is 0 Å². The van der Waals surface area contributed by atoms with Gasteiger partial charge in [0.05, 0.1) is 24.4 Å². The summed E-state index contributed by atoms with van der Waals surface area (Å²) in [6, 6.07) is 3.29. The summed E-state index contributed by atoms with van der Waals surface area (Å²) in [6.07, 6.45) is 0.482. The zero-order chi connectivity index (χ0) is 17.0. The molecule has 2 N–H and O–H groups in total. The Balaban J connectivity index is 1.72. The van der Waals surface area contributed by atoms with Gasteiger partial charge < -0.3 is 20.1 Å². The average molecular weight is 324 g/mol. The highest BCUT2D eigenvalue weighted by Crippen LogP contribution is 2.22. The lowest BCUT2D eigenvalue weighted by Crippen LogP contribution is -2.29. The van der Waals surface area contributed by atoms with Crippen molar-refractivity contribution in [2.24, 2.45) is 0 Å². The molecule has 0 spiro atoms. The highest BCUT2D eigenvalue weighted by Gasteiger charge is 2.26. The highest BCUT2D eigenvalue weighted by molar-refractivity contribution is 5.95. The number of nitrogens with one attached hydrogen (secondary N) is 1. The quantitative estimate of drug-likeness (QED) is 0.787. The molecule has 0 unspecified atom stereocenters. The summed E-state index contributed by atoms with van der Waals surface area (Å²) in [5, 5.41) is 12.4. The predicted octanol–water partition coefficient (Wildman–Crippen LogP) is 2.12. The van der Waals surface area contributed by atoms with Crippen LogP contribution in [0.1, 0.15) is 6.42 Å². The molecule has 1 aromatic rings. The number of aliphatic hydroxyl groups excluding tert-OH is 1. The molecule has 5 nitrogen and oxygen atoms in total. The number of benzene rings is 1. The van der Waals surface area contributed by atoms with Gasteiger partial charge in [0, 0.05) is 19.7 Å². The Bertz CT molecular complexity index is 659. The Labute approximate surface area is 132 Å². The molecule has 0 bridgehead atoms. The molecule has 1 aliphatic rings. The van der Waals surface area contributed by atoms with Crippen LogP contribution in [0.3, 0.4) is 0 Å². The highest BCUT2D eigenvalue weighted by atomic mass is 19.2. The number of halogens is 2. The van der Waals surface area contributed by atoms with Gasteiger partial charge in [0.15, 0.2) is 11.6 Å². The van der Waals surface area contributed by atoms with Crippen molar-refractivity contribution >= 4 is 5.91 Å². The van der Waals surface area contributed by atoms with Crippen LogP contribution in [0.25, 0.3) is 0 Å². The second-order valence-electron chi connectivity index (χ2n) is 5.16. The summed E-state index contributed by atoms with van der Waals surface area (Å²) >= 11 is 0. The van der Waals surface area contributed by atoms with Crippen LogP contribution in [0.2, 0.25) is 0 Å². The van der Waals surface area contributed by atoms with E-state index in [1.54, 1.807) is 11.9 Å². The van der Waals surface area contributed by atoms with Crippen molar-refractivity contribution in [2.45, 2.75) is 6.42 Å². The fraction of sp³-hybridized carbons (Fsp3) is 0.312. The van der Waals surface area contributed by atoms with Crippen LogP contribution in [0, 0.1) is 11.6 Å². The molecule has 124 valence electrons. The molecule has 0 fully saturated rings. The van der Waals surface area contributed by atoms with Gasteiger partial charge in [-0.15, -0.1) is 0 Å². The Morgan fingerprint density at radius 1 is 1.43 bits per heavy atom. The monoisotopic (exact) mass is 324 g/mol. The van der Waals surface area contributed by atoms with E-state index >= 15 is 0 Å². The third-order valence-electron chi connectivity index (χ3n) is 3.46. The molecule has 0 aliphatic carbocycles. The number of likely N-dealkylation sites (N-methyl/N-ethyl adjacent to an activating group) is 1. The molecule has 1 amide bonds. The van der Waals surface area contributed by atoms with Crippen molar-refractivity contribution in [3.63, 3.8) is 0 Å². The smallest absolute Gasteiger partial charge is 0.252 e. The largest absolute Gasteiger partial charge is 0.505 e. The number of carbonyl (C=O) groups is 1. The van der Waals surface area contributed by atoms with Gasteiger partial charge in [-0.25, -0.2) is 8.78 Å². The van der Waals surface area contributed by atoms with Gasteiger partial charge in [0.25, 0.3) is 5.91 Å². The Morgan fingerprint density at radius 3 is 2.78 bits per heavy atom. The lowest BCUT2D eigenvalue weighted by molar-refractivity contribution is -0.117. The van der Waals surface area contributed by atoms with Crippen molar-refractivity contribution in [2.75, 3.05) is 26.7 Å². The second-order valence-corrected chi connectivity index (χ2v) is 5.16. The Kier molecular flexibility index (Phi) is 5.20. The van der Waals surface area contributed by atoms with E-state index < -0.39 is 11.6 Å². The maximum absolute atomic E-state index is 13.0. The molecule has 0 atom stereocenters. The third kappa shape index (κ3) is 4.00. The van der Waals surface area contributed by atoms with E-state index in [1.165, 1.54) is 6.07 Å².